The van der Waals surface area contributed by atoms with Gasteiger partial charge in [0, 0.05) is 42.7 Å². The number of fused-ring (bicyclic) bond motifs is 2. The zero-order valence-corrected chi connectivity index (χ0v) is 13.0. The molecule has 20 heavy (non-hydrogen) atoms. The van der Waals surface area contributed by atoms with Crippen molar-refractivity contribution >= 4 is 21.6 Å². The lowest BCUT2D eigenvalue weighted by atomic mass is 10.2. The van der Waals surface area contributed by atoms with Crippen LogP contribution in [0.4, 0.5) is 5.69 Å². The second-order valence-corrected chi connectivity index (χ2v) is 6.57. The number of piperazine rings is 1. The first kappa shape index (κ1) is 12.4. The lowest BCUT2D eigenvalue weighted by Gasteiger charge is -2.33. The third-order valence-corrected chi connectivity index (χ3v) is 4.95. The third-order valence-electron chi connectivity index (χ3n) is 4.55. The number of halogens is 1. The Morgan fingerprint density at radius 2 is 1.85 bits per heavy atom. The average Bonchev–Trinajstić information content (AvgIpc) is 3.14. The Morgan fingerprint density at radius 3 is 2.40 bits per heavy atom. The van der Waals surface area contributed by atoms with E-state index in [1.165, 1.54) is 18.7 Å². The molecule has 0 saturated carbocycles. The molecule has 1 aromatic carbocycles. The number of likely N-dealkylation sites (N-methyl/N-ethyl adjacent to an activating group) is 1. The molecule has 0 amide bonds. The molecule has 0 radical (unpaired) electrons. The second-order valence-electron chi connectivity index (χ2n) is 5.76. The molecule has 2 atom stereocenters. The Bertz CT molecular complexity index is 619. The van der Waals surface area contributed by atoms with Gasteiger partial charge in [0.2, 0.25) is 0 Å². The fourth-order valence-electron chi connectivity index (χ4n) is 3.44. The van der Waals surface area contributed by atoms with Gasteiger partial charge in [-0.1, -0.05) is 0 Å². The highest BCUT2D eigenvalue weighted by Gasteiger charge is 2.41. The minimum Gasteiger partial charge on any atom is -0.366 e. The standard InChI is InChI=1S/C15H17BrN4/c1-18-7-14-6-13(18)8-20(14)12-4-2-11(3-5-12)19-9-15(16)17-10-19/h2-5,9-10,13-14H,6-8H2,1H3/t13-,14-/m0/s1. The van der Waals surface area contributed by atoms with Crippen LogP contribution in [-0.4, -0.2) is 46.7 Å². The first-order valence-corrected chi connectivity index (χ1v) is 7.77. The van der Waals surface area contributed by atoms with Gasteiger partial charge in [0.15, 0.2) is 0 Å². The predicted octanol–water partition coefficient (Wildman–Crippen LogP) is 2.53. The number of anilines is 1. The van der Waals surface area contributed by atoms with Crippen LogP contribution in [0, 0.1) is 0 Å². The van der Waals surface area contributed by atoms with E-state index < -0.39 is 0 Å². The van der Waals surface area contributed by atoms with Crippen molar-refractivity contribution in [3.63, 3.8) is 0 Å². The minimum absolute atomic E-state index is 0.693. The highest BCUT2D eigenvalue weighted by Crippen LogP contribution is 2.33. The predicted molar refractivity (Wildman–Crippen MR) is 83.4 cm³/mol. The fraction of sp³-hybridized carbons (Fsp3) is 0.400. The number of likely N-dealkylation sites (tertiary alicyclic amines) is 1. The van der Waals surface area contributed by atoms with Gasteiger partial charge < -0.3 is 9.47 Å². The molecule has 1 aromatic heterocycles. The SMILES string of the molecule is CN1C[C@@H]2C[C@H]1CN2c1ccc(-n2cnc(Br)c2)cc1. The number of imidazole rings is 1. The fourth-order valence-corrected chi connectivity index (χ4v) is 3.75. The van der Waals surface area contributed by atoms with Gasteiger partial charge in [0.05, 0.1) is 0 Å². The number of rotatable bonds is 2. The molecule has 2 saturated heterocycles. The van der Waals surface area contributed by atoms with Crippen molar-refractivity contribution < 1.29 is 0 Å². The summed E-state index contributed by atoms with van der Waals surface area (Å²) in [7, 11) is 2.24. The van der Waals surface area contributed by atoms with Crippen molar-refractivity contribution in [1.82, 2.24) is 14.5 Å². The van der Waals surface area contributed by atoms with Gasteiger partial charge in [-0.3, -0.25) is 4.90 Å². The van der Waals surface area contributed by atoms with Gasteiger partial charge in [-0.15, -0.1) is 0 Å². The molecule has 2 aliphatic rings. The van der Waals surface area contributed by atoms with Crippen LogP contribution < -0.4 is 4.90 Å². The summed E-state index contributed by atoms with van der Waals surface area (Å²) in [5.74, 6) is 0. The molecule has 2 aliphatic heterocycles. The maximum atomic E-state index is 4.20. The molecule has 2 fully saturated rings. The van der Waals surface area contributed by atoms with E-state index in [1.54, 1.807) is 0 Å². The summed E-state index contributed by atoms with van der Waals surface area (Å²) in [6.45, 7) is 2.36. The van der Waals surface area contributed by atoms with Gasteiger partial charge in [-0.25, -0.2) is 4.98 Å². The quantitative estimate of drug-likeness (QED) is 0.844. The van der Waals surface area contributed by atoms with E-state index in [0.29, 0.717) is 6.04 Å². The van der Waals surface area contributed by atoms with E-state index in [9.17, 15) is 0 Å². The van der Waals surface area contributed by atoms with Crippen LogP contribution in [-0.2, 0) is 0 Å². The Hall–Kier alpha value is -1.33. The maximum absolute atomic E-state index is 4.20. The monoisotopic (exact) mass is 332 g/mol. The molecular formula is C15H17BrN4. The van der Waals surface area contributed by atoms with E-state index in [0.717, 1.165) is 22.9 Å². The van der Waals surface area contributed by atoms with Crippen LogP contribution in [0.2, 0.25) is 0 Å². The molecule has 0 unspecified atom stereocenters. The van der Waals surface area contributed by atoms with Crippen LogP contribution in [0.25, 0.3) is 5.69 Å². The number of hydrogen-bond donors (Lipinski definition) is 0. The van der Waals surface area contributed by atoms with Crippen molar-refractivity contribution in [3.8, 4) is 5.69 Å². The summed E-state index contributed by atoms with van der Waals surface area (Å²) in [4.78, 5) is 9.23. The lowest BCUT2D eigenvalue weighted by Crippen LogP contribution is -2.44. The molecule has 104 valence electrons. The summed E-state index contributed by atoms with van der Waals surface area (Å²) in [5.41, 5.74) is 2.49. The van der Waals surface area contributed by atoms with Gasteiger partial charge in [0.1, 0.15) is 10.9 Å². The Balaban J connectivity index is 1.57. The maximum Gasteiger partial charge on any atom is 0.124 e. The normalized spacial score (nSPS) is 25.6. The van der Waals surface area contributed by atoms with E-state index in [1.807, 2.05) is 17.1 Å². The largest absolute Gasteiger partial charge is 0.366 e. The summed E-state index contributed by atoms with van der Waals surface area (Å²) in [6.07, 6.45) is 5.11. The van der Waals surface area contributed by atoms with E-state index >= 15 is 0 Å². The number of benzene rings is 1. The topological polar surface area (TPSA) is 24.3 Å². The number of nitrogens with zero attached hydrogens (tertiary/aromatic N) is 4. The van der Waals surface area contributed by atoms with Gasteiger partial charge in [0.25, 0.3) is 0 Å². The Labute approximate surface area is 127 Å². The molecule has 0 spiro atoms. The summed E-state index contributed by atoms with van der Waals surface area (Å²) in [5, 5.41) is 0. The zero-order chi connectivity index (χ0) is 13.7. The molecule has 2 aromatic rings. The van der Waals surface area contributed by atoms with E-state index in [-0.39, 0.29) is 0 Å². The molecule has 0 aliphatic carbocycles. The van der Waals surface area contributed by atoms with E-state index in [4.69, 9.17) is 0 Å². The van der Waals surface area contributed by atoms with Crippen molar-refractivity contribution in [2.75, 3.05) is 25.0 Å². The molecule has 5 heteroatoms. The van der Waals surface area contributed by atoms with Crippen molar-refractivity contribution in [1.29, 1.82) is 0 Å². The van der Waals surface area contributed by atoms with E-state index in [2.05, 4.69) is 62.0 Å². The van der Waals surface area contributed by atoms with Crippen LogP contribution in [0.3, 0.4) is 0 Å². The van der Waals surface area contributed by atoms with Gasteiger partial charge in [-0.2, -0.15) is 0 Å². The number of aromatic nitrogens is 2. The third kappa shape index (κ3) is 1.96. The number of hydrogen-bond acceptors (Lipinski definition) is 3. The molecular weight excluding hydrogens is 316 g/mol. The Kier molecular flexibility index (Phi) is 2.86. The molecule has 3 heterocycles. The summed E-state index contributed by atoms with van der Waals surface area (Å²) in [6, 6.07) is 10.2. The average molecular weight is 333 g/mol. The first-order chi connectivity index (χ1) is 9.70. The second kappa shape index (κ2) is 4.60. The highest BCUT2D eigenvalue weighted by atomic mass is 79.9. The first-order valence-electron chi connectivity index (χ1n) is 6.97. The molecule has 0 N–H and O–H groups in total. The summed E-state index contributed by atoms with van der Waals surface area (Å²) >= 11 is 3.38. The molecule has 4 nitrogen and oxygen atoms in total. The van der Waals surface area contributed by atoms with Crippen LogP contribution in [0.15, 0.2) is 41.4 Å². The molecule has 4 rings (SSSR count). The van der Waals surface area contributed by atoms with Crippen LogP contribution >= 0.6 is 15.9 Å². The van der Waals surface area contributed by atoms with Crippen molar-refractivity contribution in [2.45, 2.75) is 18.5 Å². The van der Waals surface area contributed by atoms with Gasteiger partial charge >= 0.3 is 0 Å². The Morgan fingerprint density at radius 1 is 1.10 bits per heavy atom. The van der Waals surface area contributed by atoms with Crippen molar-refractivity contribution in [2.24, 2.45) is 0 Å². The molecule has 2 bridgehead atoms. The van der Waals surface area contributed by atoms with Crippen LogP contribution in [0.5, 0.6) is 0 Å². The summed E-state index contributed by atoms with van der Waals surface area (Å²) < 4.78 is 2.89. The highest BCUT2D eigenvalue weighted by molar-refractivity contribution is 9.10. The smallest absolute Gasteiger partial charge is 0.124 e. The van der Waals surface area contributed by atoms with Gasteiger partial charge in [-0.05, 0) is 53.7 Å². The minimum atomic E-state index is 0.693. The lowest BCUT2D eigenvalue weighted by molar-refractivity contribution is 0.292. The van der Waals surface area contributed by atoms with Crippen LogP contribution in [0.1, 0.15) is 6.42 Å². The zero-order valence-electron chi connectivity index (χ0n) is 11.4. The van der Waals surface area contributed by atoms with Crippen molar-refractivity contribution in [3.05, 3.63) is 41.4 Å².